The molecule has 0 aliphatic heterocycles. The molecule has 1 aromatic rings. The Morgan fingerprint density at radius 2 is 2.25 bits per heavy atom. The maximum Gasteiger partial charge on any atom is 0.307 e. The number of carbonyl (C=O) groups excluding carboxylic acids is 1. The van der Waals surface area contributed by atoms with Crippen LogP contribution in [0.1, 0.15) is 6.42 Å². The molecule has 86 valence electrons. The SMILES string of the molecule is CN(C(=O)C1CC1C(=O)O)c1cc(Br)cs1. The summed E-state index contributed by atoms with van der Waals surface area (Å²) in [5.74, 6) is -1.82. The average Bonchev–Trinajstić information content (AvgIpc) is 2.93. The minimum atomic E-state index is -0.876. The van der Waals surface area contributed by atoms with Gasteiger partial charge < -0.3 is 10.0 Å². The van der Waals surface area contributed by atoms with Crippen LogP contribution in [-0.2, 0) is 9.59 Å². The van der Waals surface area contributed by atoms with Crippen molar-refractivity contribution < 1.29 is 14.7 Å². The smallest absolute Gasteiger partial charge is 0.307 e. The molecular weight excluding hydrogens is 294 g/mol. The molecule has 0 bridgehead atoms. The Balaban J connectivity index is 2.04. The Kier molecular flexibility index (Phi) is 3.03. The number of halogens is 1. The van der Waals surface area contributed by atoms with Crippen LogP contribution in [-0.4, -0.2) is 24.0 Å². The first-order valence-corrected chi connectivity index (χ1v) is 6.42. The van der Waals surface area contributed by atoms with Gasteiger partial charge in [-0.25, -0.2) is 0 Å². The predicted molar refractivity (Wildman–Crippen MR) is 64.7 cm³/mol. The summed E-state index contributed by atoms with van der Waals surface area (Å²) in [6.45, 7) is 0. The van der Waals surface area contributed by atoms with Crippen LogP contribution in [0.5, 0.6) is 0 Å². The molecule has 4 nitrogen and oxygen atoms in total. The Bertz CT molecular complexity index is 445. The first-order chi connectivity index (χ1) is 7.50. The highest BCUT2D eigenvalue weighted by molar-refractivity contribution is 9.10. The van der Waals surface area contributed by atoms with Crippen molar-refractivity contribution in [2.24, 2.45) is 11.8 Å². The summed E-state index contributed by atoms with van der Waals surface area (Å²) in [6.07, 6.45) is 0.463. The first kappa shape index (κ1) is 11.6. The van der Waals surface area contributed by atoms with Crippen molar-refractivity contribution in [3.05, 3.63) is 15.9 Å². The number of hydrogen-bond acceptors (Lipinski definition) is 3. The van der Waals surface area contributed by atoms with Crippen LogP contribution < -0.4 is 4.90 Å². The summed E-state index contributed by atoms with van der Waals surface area (Å²) < 4.78 is 0.928. The third-order valence-electron chi connectivity index (χ3n) is 2.64. The van der Waals surface area contributed by atoms with Crippen LogP contribution in [0.4, 0.5) is 5.00 Å². The van der Waals surface area contributed by atoms with Crippen molar-refractivity contribution in [1.82, 2.24) is 0 Å². The molecular formula is C10H10BrNO3S. The third-order valence-corrected chi connectivity index (χ3v) is 4.41. The fourth-order valence-corrected chi connectivity index (χ4v) is 2.97. The first-order valence-electron chi connectivity index (χ1n) is 4.75. The molecule has 1 amide bonds. The number of hydrogen-bond donors (Lipinski definition) is 1. The van der Waals surface area contributed by atoms with Gasteiger partial charge in [-0.3, -0.25) is 9.59 Å². The summed E-state index contributed by atoms with van der Waals surface area (Å²) in [5, 5.41) is 11.5. The van der Waals surface area contributed by atoms with Gasteiger partial charge in [-0.1, -0.05) is 0 Å². The van der Waals surface area contributed by atoms with E-state index in [1.165, 1.54) is 16.2 Å². The largest absolute Gasteiger partial charge is 0.481 e. The van der Waals surface area contributed by atoms with Gasteiger partial charge in [-0.05, 0) is 28.4 Å². The molecule has 0 spiro atoms. The van der Waals surface area contributed by atoms with Crippen molar-refractivity contribution in [2.45, 2.75) is 6.42 Å². The molecule has 0 saturated heterocycles. The fraction of sp³-hybridized carbons (Fsp3) is 0.400. The van der Waals surface area contributed by atoms with E-state index in [9.17, 15) is 9.59 Å². The number of aliphatic carboxylic acids is 1. The van der Waals surface area contributed by atoms with Crippen LogP contribution in [0.15, 0.2) is 15.9 Å². The summed E-state index contributed by atoms with van der Waals surface area (Å²) in [7, 11) is 1.68. The number of anilines is 1. The molecule has 1 heterocycles. The summed E-state index contributed by atoms with van der Waals surface area (Å²) in [6, 6.07) is 1.85. The average molecular weight is 304 g/mol. The van der Waals surface area contributed by atoms with Gasteiger partial charge in [0.25, 0.3) is 0 Å². The minimum Gasteiger partial charge on any atom is -0.481 e. The molecule has 1 N–H and O–H groups in total. The minimum absolute atomic E-state index is 0.109. The molecule has 0 aromatic carbocycles. The Hall–Kier alpha value is -0.880. The van der Waals surface area contributed by atoms with E-state index in [1.807, 2.05) is 11.4 Å². The zero-order valence-electron chi connectivity index (χ0n) is 8.51. The highest BCUT2D eigenvalue weighted by Crippen LogP contribution is 2.41. The zero-order chi connectivity index (χ0) is 11.9. The highest BCUT2D eigenvalue weighted by atomic mass is 79.9. The molecule has 1 aromatic heterocycles. The lowest BCUT2D eigenvalue weighted by Crippen LogP contribution is -2.28. The Morgan fingerprint density at radius 3 is 2.69 bits per heavy atom. The summed E-state index contributed by atoms with van der Waals surface area (Å²) in [4.78, 5) is 24.1. The van der Waals surface area contributed by atoms with E-state index in [1.54, 1.807) is 7.05 Å². The number of thiophene rings is 1. The quantitative estimate of drug-likeness (QED) is 0.931. The number of carboxylic acids is 1. The molecule has 2 rings (SSSR count). The second-order valence-corrected chi connectivity index (χ2v) is 5.59. The summed E-state index contributed by atoms with van der Waals surface area (Å²) in [5.41, 5.74) is 0. The van der Waals surface area contributed by atoms with E-state index in [0.717, 1.165) is 9.47 Å². The molecule has 2 unspecified atom stereocenters. The maximum absolute atomic E-state index is 11.9. The lowest BCUT2D eigenvalue weighted by Gasteiger charge is -2.14. The van der Waals surface area contributed by atoms with E-state index < -0.39 is 11.9 Å². The number of amides is 1. The zero-order valence-corrected chi connectivity index (χ0v) is 10.9. The van der Waals surface area contributed by atoms with Crippen LogP contribution in [0.2, 0.25) is 0 Å². The monoisotopic (exact) mass is 303 g/mol. The van der Waals surface area contributed by atoms with Crippen LogP contribution in [0, 0.1) is 11.8 Å². The van der Waals surface area contributed by atoms with Gasteiger partial charge in [-0.2, -0.15) is 0 Å². The van der Waals surface area contributed by atoms with Crippen molar-refractivity contribution >= 4 is 44.1 Å². The maximum atomic E-state index is 11.9. The second-order valence-electron chi connectivity index (χ2n) is 3.79. The normalized spacial score (nSPS) is 22.9. The van der Waals surface area contributed by atoms with Gasteiger partial charge in [0.05, 0.1) is 16.8 Å². The van der Waals surface area contributed by atoms with E-state index in [-0.39, 0.29) is 11.8 Å². The lowest BCUT2D eigenvalue weighted by molar-refractivity contribution is -0.139. The second kappa shape index (κ2) is 4.18. The molecule has 0 radical (unpaired) electrons. The molecule has 1 aliphatic rings. The van der Waals surface area contributed by atoms with Gasteiger partial charge in [-0.15, -0.1) is 11.3 Å². The van der Waals surface area contributed by atoms with E-state index in [0.29, 0.717) is 6.42 Å². The fourth-order valence-electron chi connectivity index (χ4n) is 1.58. The van der Waals surface area contributed by atoms with E-state index >= 15 is 0 Å². The van der Waals surface area contributed by atoms with Gasteiger partial charge in [0.2, 0.25) is 5.91 Å². The third kappa shape index (κ3) is 2.12. The van der Waals surface area contributed by atoms with Crippen molar-refractivity contribution in [3.63, 3.8) is 0 Å². The number of rotatable bonds is 3. The molecule has 2 atom stereocenters. The Morgan fingerprint density at radius 1 is 1.56 bits per heavy atom. The van der Waals surface area contributed by atoms with E-state index in [2.05, 4.69) is 15.9 Å². The van der Waals surface area contributed by atoms with E-state index in [4.69, 9.17) is 5.11 Å². The topological polar surface area (TPSA) is 57.6 Å². The van der Waals surface area contributed by atoms with Crippen molar-refractivity contribution in [2.75, 3.05) is 11.9 Å². The van der Waals surface area contributed by atoms with Crippen LogP contribution in [0.25, 0.3) is 0 Å². The van der Waals surface area contributed by atoms with Gasteiger partial charge in [0, 0.05) is 16.9 Å². The van der Waals surface area contributed by atoms with Crippen LogP contribution in [0.3, 0.4) is 0 Å². The molecule has 1 aliphatic carbocycles. The van der Waals surface area contributed by atoms with Gasteiger partial charge in [0.15, 0.2) is 0 Å². The standard InChI is InChI=1S/C10H10BrNO3S/c1-12(8-2-5(11)4-16-8)9(13)6-3-7(6)10(14)15/h2,4,6-7H,3H2,1H3,(H,14,15). The number of carboxylic acid groups (broad SMARTS) is 1. The molecule has 6 heteroatoms. The van der Waals surface area contributed by atoms with Crippen molar-refractivity contribution in [1.29, 1.82) is 0 Å². The van der Waals surface area contributed by atoms with Crippen molar-refractivity contribution in [3.8, 4) is 0 Å². The summed E-state index contributed by atoms with van der Waals surface area (Å²) >= 11 is 4.77. The lowest BCUT2D eigenvalue weighted by atomic mass is 10.3. The van der Waals surface area contributed by atoms with Gasteiger partial charge in [0.1, 0.15) is 0 Å². The number of carbonyl (C=O) groups is 2. The predicted octanol–water partition coefficient (Wildman–Crippen LogP) is 2.19. The Labute approximate surface area is 105 Å². The van der Waals surface area contributed by atoms with Gasteiger partial charge >= 0.3 is 5.97 Å². The number of nitrogens with zero attached hydrogens (tertiary/aromatic N) is 1. The molecule has 16 heavy (non-hydrogen) atoms. The molecule has 1 saturated carbocycles. The molecule has 1 fully saturated rings. The van der Waals surface area contributed by atoms with Crippen LogP contribution >= 0.6 is 27.3 Å². The highest BCUT2D eigenvalue weighted by Gasteiger charge is 2.49.